The summed E-state index contributed by atoms with van der Waals surface area (Å²) in [6.07, 6.45) is -6.13. The van der Waals surface area contributed by atoms with Crippen molar-refractivity contribution >= 4 is 23.4 Å². The second kappa shape index (κ2) is 10.2. The second-order valence-corrected chi connectivity index (χ2v) is 9.69. The number of nitrogens with zero attached hydrogens (tertiary/aromatic N) is 1. The number of fused-ring (bicyclic) bond motifs is 1. The smallest absolute Gasteiger partial charge is 0.403 e. The molecule has 2 aromatic rings. The van der Waals surface area contributed by atoms with Gasteiger partial charge in [-0.25, -0.2) is 8.78 Å². The van der Waals surface area contributed by atoms with Crippen LogP contribution in [0.2, 0.25) is 0 Å². The molecule has 1 heterocycles. The first-order valence-corrected chi connectivity index (χ1v) is 12.0. The normalized spacial score (nSPS) is 19.2. The van der Waals surface area contributed by atoms with Crippen molar-refractivity contribution in [1.82, 2.24) is 10.6 Å². The minimum absolute atomic E-state index is 0.0139. The van der Waals surface area contributed by atoms with Crippen molar-refractivity contribution in [2.45, 2.75) is 57.4 Å². The van der Waals surface area contributed by atoms with Crippen LogP contribution in [0.25, 0.3) is 0 Å². The maximum absolute atomic E-state index is 14.3. The molecule has 38 heavy (non-hydrogen) atoms. The summed E-state index contributed by atoms with van der Waals surface area (Å²) in [6.45, 7) is 2.99. The Bertz CT molecular complexity index is 1250. The number of ether oxygens (including phenoxy) is 1. The molecule has 12 heteroatoms. The van der Waals surface area contributed by atoms with E-state index in [2.05, 4.69) is 10.6 Å². The van der Waals surface area contributed by atoms with Crippen molar-refractivity contribution < 1.29 is 41.1 Å². The van der Waals surface area contributed by atoms with Crippen molar-refractivity contribution in [1.29, 1.82) is 0 Å². The van der Waals surface area contributed by atoms with Crippen molar-refractivity contribution in [2.75, 3.05) is 11.5 Å². The largest absolute Gasteiger partial charge is 0.489 e. The summed E-state index contributed by atoms with van der Waals surface area (Å²) in [5, 5.41) is 4.56. The third-order valence-electron chi connectivity index (χ3n) is 6.69. The first-order valence-electron chi connectivity index (χ1n) is 12.0. The molecule has 1 unspecified atom stereocenters. The molecular formula is C26H26F5N3O4. The molecule has 0 spiro atoms. The van der Waals surface area contributed by atoms with Gasteiger partial charge >= 0.3 is 6.18 Å². The molecule has 0 aromatic heterocycles. The summed E-state index contributed by atoms with van der Waals surface area (Å²) in [5.74, 6) is -4.24. The van der Waals surface area contributed by atoms with Crippen LogP contribution in [0.4, 0.5) is 27.6 Å². The molecule has 0 radical (unpaired) electrons. The van der Waals surface area contributed by atoms with Gasteiger partial charge in [0.25, 0.3) is 5.91 Å². The van der Waals surface area contributed by atoms with E-state index in [1.165, 1.54) is 29.2 Å². The van der Waals surface area contributed by atoms with Gasteiger partial charge < -0.3 is 20.3 Å². The van der Waals surface area contributed by atoms with Gasteiger partial charge in [0.1, 0.15) is 41.5 Å². The SMILES string of the molecule is CC(C)N1C(=O)C(NC(=O)[C@@H](Cc2ccccc2F)NC(=O)C2(C(F)(F)F)CC2)COc2cc(F)ccc21. The lowest BCUT2D eigenvalue weighted by molar-refractivity contribution is -0.192. The van der Waals surface area contributed by atoms with Crippen LogP contribution in [0.3, 0.4) is 0 Å². The molecule has 0 bridgehead atoms. The number of carbonyl (C=O) groups is 3. The lowest BCUT2D eigenvalue weighted by Crippen LogP contribution is -2.58. The van der Waals surface area contributed by atoms with Crippen molar-refractivity contribution in [3.8, 4) is 5.75 Å². The monoisotopic (exact) mass is 539 g/mol. The van der Waals surface area contributed by atoms with Crippen LogP contribution in [-0.2, 0) is 20.8 Å². The number of hydrogen-bond acceptors (Lipinski definition) is 4. The number of nitrogens with one attached hydrogen (secondary N) is 2. The third kappa shape index (κ3) is 5.30. The first-order chi connectivity index (χ1) is 17.8. The van der Waals surface area contributed by atoms with E-state index in [9.17, 15) is 36.3 Å². The first kappa shape index (κ1) is 27.3. The van der Waals surface area contributed by atoms with Gasteiger partial charge in [0.05, 0.1) is 5.69 Å². The predicted octanol–water partition coefficient (Wildman–Crippen LogP) is 3.65. The summed E-state index contributed by atoms with van der Waals surface area (Å²) in [4.78, 5) is 40.6. The van der Waals surface area contributed by atoms with E-state index in [-0.39, 0.29) is 17.0 Å². The molecule has 2 aromatic carbocycles. The Morgan fingerprint density at radius 3 is 2.42 bits per heavy atom. The highest BCUT2D eigenvalue weighted by atomic mass is 19.4. The fraction of sp³-hybridized carbons (Fsp3) is 0.423. The van der Waals surface area contributed by atoms with Gasteiger partial charge in [0.15, 0.2) is 0 Å². The number of benzene rings is 2. The van der Waals surface area contributed by atoms with Crippen molar-refractivity contribution in [2.24, 2.45) is 5.41 Å². The van der Waals surface area contributed by atoms with E-state index in [1.54, 1.807) is 13.8 Å². The maximum atomic E-state index is 14.3. The summed E-state index contributed by atoms with van der Waals surface area (Å²) in [7, 11) is 0. The van der Waals surface area contributed by atoms with E-state index >= 15 is 0 Å². The van der Waals surface area contributed by atoms with Crippen molar-refractivity contribution in [3.63, 3.8) is 0 Å². The van der Waals surface area contributed by atoms with Gasteiger partial charge in [-0.1, -0.05) is 18.2 Å². The standard InChI is InChI=1S/C26H26F5N3O4/c1-14(2)34-20-8-7-16(27)12-21(20)38-13-19(23(34)36)32-22(35)18(11-15-5-3-4-6-17(15)28)33-24(37)25(9-10-25)26(29,30)31/h3-8,12,14,18-19H,9-11,13H2,1-2H3,(H,32,35)(H,33,37)/t18-,19?/m1/s1. The molecule has 1 aliphatic carbocycles. The molecule has 2 atom stereocenters. The fourth-order valence-electron chi connectivity index (χ4n) is 4.40. The summed E-state index contributed by atoms with van der Waals surface area (Å²) in [5.41, 5.74) is -2.34. The van der Waals surface area contributed by atoms with Crippen LogP contribution >= 0.6 is 0 Å². The maximum Gasteiger partial charge on any atom is 0.403 e. The number of halogens is 5. The highest BCUT2D eigenvalue weighted by Gasteiger charge is 2.68. The topological polar surface area (TPSA) is 87.7 Å². The van der Waals surface area contributed by atoms with Gasteiger partial charge in [-0.15, -0.1) is 0 Å². The van der Waals surface area contributed by atoms with Gasteiger partial charge in [0, 0.05) is 18.5 Å². The van der Waals surface area contributed by atoms with E-state index < -0.39 is 84.9 Å². The molecule has 1 fully saturated rings. The molecule has 2 N–H and O–H groups in total. The average molecular weight is 540 g/mol. The van der Waals surface area contributed by atoms with Gasteiger partial charge in [-0.05, 0) is 50.5 Å². The van der Waals surface area contributed by atoms with Crippen LogP contribution in [0.1, 0.15) is 32.3 Å². The number of hydrogen-bond donors (Lipinski definition) is 2. The number of anilines is 1. The molecule has 3 amide bonds. The molecule has 4 rings (SSSR count). The van der Waals surface area contributed by atoms with E-state index in [0.29, 0.717) is 0 Å². The van der Waals surface area contributed by atoms with Crippen molar-refractivity contribution in [3.05, 3.63) is 59.7 Å². The zero-order valence-electron chi connectivity index (χ0n) is 20.6. The molecule has 1 saturated carbocycles. The summed E-state index contributed by atoms with van der Waals surface area (Å²) >= 11 is 0. The zero-order chi connectivity index (χ0) is 27.8. The summed E-state index contributed by atoms with van der Waals surface area (Å²) in [6, 6.07) is 5.57. The highest BCUT2D eigenvalue weighted by Crippen LogP contribution is 2.57. The quantitative estimate of drug-likeness (QED) is 0.526. The molecule has 7 nitrogen and oxygen atoms in total. The second-order valence-electron chi connectivity index (χ2n) is 9.69. The van der Waals surface area contributed by atoms with Crippen LogP contribution < -0.4 is 20.3 Å². The number of alkyl halides is 3. The van der Waals surface area contributed by atoms with E-state index in [1.807, 2.05) is 0 Å². The number of rotatable bonds is 7. The molecule has 2 aliphatic rings. The zero-order valence-corrected chi connectivity index (χ0v) is 20.6. The molecule has 204 valence electrons. The lowest BCUT2D eigenvalue weighted by Gasteiger charge is -2.29. The van der Waals surface area contributed by atoms with Crippen LogP contribution in [0.5, 0.6) is 5.75 Å². The Morgan fingerprint density at radius 2 is 1.82 bits per heavy atom. The van der Waals surface area contributed by atoms with Gasteiger partial charge in [0.2, 0.25) is 11.8 Å². The van der Waals surface area contributed by atoms with Crippen LogP contribution in [0, 0.1) is 17.0 Å². The van der Waals surface area contributed by atoms with Crippen LogP contribution in [0.15, 0.2) is 42.5 Å². The molecule has 1 aliphatic heterocycles. The number of amides is 3. The minimum atomic E-state index is -4.82. The average Bonchev–Trinajstić information content (AvgIpc) is 3.66. The minimum Gasteiger partial charge on any atom is -0.489 e. The highest BCUT2D eigenvalue weighted by molar-refractivity contribution is 6.02. The predicted molar refractivity (Wildman–Crippen MR) is 126 cm³/mol. The van der Waals surface area contributed by atoms with E-state index in [0.717, 1.165) is 18.2 Å². The number of carbonyl (C=O) groups excluding carboxylic acids is 3. The Hall–Kier alpha value is -3.70. The van der Waals surface area contributed by atoms with Gasteiger partial charge in [-0.3, -0.25) is 14.4 Å². The molecule has 0 saturated heterocycles. The summed E-state index contributed by atoms with van der Waals surface area (Å²) < 4.78 is 74.3. The van der Waals surface area contributed by atoms with Crippen LogP contribution in [-0.4, -0.2) is 48.6 Å². The Balaban J connectivity index is 1.59. The third-order valence-corrected chi connectivity index (χ3v) is 6.69. The Labute approximate surface area is 215 Å². The Kier molecular flexibility index (Phi) is 7.35. The Morgan fingerprint density at radius 1 is 1.13 bits per heavy atom. The lowest BCUT2D eigenvalue weighted by atomic mass is 10.0. The van der Waals surface area contributed by atoms with E-state index in [4.69, 9.17) is 4.74 Å². The fourth-order valence-corrected chi connectivity index (χ4v) is 4.40. The van der Waals surface area contributed by atoms with Gasteiger partial charge in [-0.2, -0.15) is 13.2 Å². The molecular weight excluding hydrogens is 513 g/mol.